The molecule has 2 aromatic carbocycles. The van der Waals surface area contributed by atoms with E-state index < -0.39 is 0 Å². The van der Waals surface area contributed by atoms with Gasteiger partial charge in [-0.2, -0.15) is 0 Å². The number of aliphatic imine (C=N–C) groups is 2. The predicted molar refractivity (Wildman–Crippen MR) is 114 cm³/mol. The Morgan fingerprint density at radius 2 is 1.14 bits per heavy atom. The molecule has 1 aromatic heterocycles. The Bertz CT molecular complexity index is 1070. The maximum atomic E-state index is 4.90. The summed E-state index contributed by atoms with van der Waals surface area (Å²) in [4.78, 5) is 13.9. The highest BCUT2D eigenvalue weighted by Gasteiger charge is 2.11. The molecule has 0 spiro atoms. The lowest BCUT2D eigenvalue weighted by Crippen LogP contribution is -2.19. The number of nitrogens with zero attached hydrogens (tertiary/aromatic N) is 3. The first-order valence-electron chi connectivity index (χ1n) is 9.62. The van der Waals surface area contributed by atoms with Crippen molar-refractivity contribution in [1.29, 1.82) is 0 Å². The third-order valence-electron chi connectivity index (χ3n) is 4.98. The number of aromatic nitrogens is 1. The zero-order valence-electron chi connectivity index (χ0n) is 15.5. The Labute approximate surface area is 164 Å². The third-order valence-corrected chi connectivity index (χ3v) is 4.98. The highest BCUT2D eigenvalue weighted by atomic mass is 15.1. The first-order chi connectivity index (χ1) is 13.9. The van der Waals surface area contributed by atoms with Crippen LogP contribution in [0.25, 0.3) is 22.5 Å². The van der Waals surface area contributed by atoms with Crippen molar-refractivity contribution in [2.45, 2.75) is 0 Å². The maximum Gasteiger partial charge on any atom is 0.128 e. The fourth-order valence-corrected chi connectivity index (χ4v) is 3.56. The van der Waals surface area contributed by atoms with Crippen LogP contribution in [0.5, 0.6) is 0 Å². The minimum absolute atomic E-state index is 0.839. The molecule has 138 valence electrons. The second-order valence-corrected chi connectivity index (χ2v) is 6.88. The van der Waals surface area contributed by atoms with Gasteiger partial charge in [0.1, 0.15) is 11.7 Å². The van der Waals surface area contributed by atoms with Gasteiger partial charge >= 0.3 is 0 Å². The molecule has 5 heteroatoms. The van der Waals surface area contributed by atoms with Crippen LogP contribution in [0.15, 0.2) is 76.7 Å². The molecule has 5 nitrogen and oxygen atoms in total. The van der Waals surface area contributed by atoms with Gasteiger partial charge in [-0.25, -0.2) is 4.98 Å². The van der Waals surface area contributed by atoms with Gasteiger partial charge in [0.15, 0.2) is 0 Å². The second kappa shape index (κ2) is 7.27. The summed E-state index contributed by atoms with van der Waals surface area (Å²) in [6.45, 7) is 3.51. The van der Waals surface area contributed by atoms with Gasteiger partial charge in [0, 0.05) is 35.3 Å². The van der Waals surface area contributed by atoms with Gasteiger partial charge < -0.3 is 10.6 Å². The van der Waals surface area contributed by atoms with Crippen LogP contribution in [-0.4, -0.2) is 42.8 Å². The van der Waals surface area contributed by atoms with Crippen LogP contribution < -0.4 is 10.6 Å². The van der Waals surface area contributed by atoms with Crippen molar-refractivity contribution < 1.29 is 0 Å². The highest BCUT2D eigenvalue weighted by molar-refractivity contribution is 6.01. The molecule has 0 unspecified atom stereocenters. The first-order valence-corrected chi connectivity index (χ1v) is 9.62. The van der Waals surface area contributed by atoms with E-state index in [1.54, 1.807) is 0 Å². The lowest BCUT2D eigenvalue weighted by atomic mass is 10.0. The van der Waals surface area contributed by atoms with Crippen LogP contribution in [0.1, 0.15) is 11.1 Å². The van der Waals surface area contributed by atoms with Crippen LogP contribution >= 0.6 is 0 Å². The highest BCUT2D eigenvalue weighted by Crippen LogP contribution is 2.24. The quantitative estimate of drug-likeness (QED) is 0.745. The molecule has 0 aliphatic carbocycles. The van der Waals surface area contributed by atoms with E-state index in [0.717, 1.165) is 71.5 Å². The number of amidine groups is 2. The largest absolute Gasteiger partial charge is 0.368 e. The van der Waals surface area contributed by atoms with Crippen molar-refractivity contribution in [3.8, 4) is 22.5 Å². The van der Waals surface area contributed by atoms with E-state index >= 15 is 0 Å². The molecule has 0 bridgehead atoms. The molecule has 0 saturated heterocycles. The summed E-state index contributed by atoms with van der Waals surface area (Å²) in [5.41, 5.74) is 6.35. The molecule has 0 amide bonds. The van der Waals surface area contributed by atoms with Gasteiger partial charge in [0.2, 0.25) is 0 Å². The standard InChI is InChI=1S/C23H21N5/c1-3-18(15-19(4-1)23-26-13-14-27-23)21-6-2-5-20(28-21)16-7-9-17(10-8-16)22-24-11-12-25-22/h1-10,15H,11-14H2,(H,24,25)(H,26,27). The van der Waals surface area contributed by atoms with Crippen LogP contribution in [-0.2, 0) is 0 Å². The third kappa shape index (κ3) is 3.27. The van der Waals surface area contributed by atoms with Gasteiger partial charge in [-0.05, 0) is 18.2 Å². The van der Waals surface area contributed by atoms with E-state index in [2.05, 4.69) is 87.3 Å². The van der Waals surface area contributed by atoms with Crippen molar-refractivity contribution in [3.63, 3.8) is 0 Å². The van der Waals surface area contributed by atoms with Crippen LogP contribution in [0, 0.1) is 0 Å². The van der Waals surface area contributed by atoms with Crippen molar-refractivity contribution in [2.24, 2.45) is 9.98 Å². The van der Waals surface area contributed by atoms with Crippen molar-refractivity contribution in [2.75, 3.05) is 26.2 Å². The molecular formula is C23H21N5. The van der Waals surface area contributed by atoms with Crippen LogP contribution in [0.4, 0.5) is 0 Å². The molecule has 2 aliphatic heterocycles. The van der Waals surface area contributed by atoms with Gasteiger partial charge in [-0.15, -0.1) is 0 Å². The monoisotopic (exact) mass is 367 g/mol. The zero-order valence-corrected chi connectivity index (χ0v) is 15.5. The Kier molecular flexibility index (Phi) is 4.33. The van der Waals surface area contributed by atoms with E-state index in [4.69, 9.17) is 4.98 Å². The van der Waals surface area contributed by atoms with Crippen LogP contribution in [0.2, 0.25) is 0 Å². The predicted octanol–water partition coefficient (Wildman–Crippen LogP) is 3.12. The molecule has 5 rings (SSSR count). The fourth-order valence-electron chi connectivity index (χ4n) is 3.56. The number of benzene rings is 2. The summed E-state index contributed by atoms with van der Waals surface area (Å²) < 4.78 is 0. The Balaban J connectivity index is 1.44. The molecule has 0 fully saturated rings. The van der Waals surface area contributed by atoms with E-state index in [1.807, 2.05) is 0 Å². The van der Waals surface area contributed by atoms with Gasteiger partial charge in [-0.3, -0.25) is 9.98 Å². The summed E-state index contributed by atoms with van der Waals surface area (Å²) in [6.07, 6.45) is 0. The number of hydrogen-bond acceptors (Lipinski definition) is 5. The van der Waals surface area contributed by atoms with Crippen molar-refractivity contribution in [1.82, 2.24) is 15.6 Å². The molecular weight excluding hydrogens is 346 g/mol. The molecule has 28 heavy (non-hydrogen) atoms. The Morgan fingerprint density at radius 3 is 1.82 bits per heavy atom. The van der Waals surface area contributed by atoms with E-state index in [9.17, 15) is 0 Å². The SMILES string of the molecule is c1cc(C2=NCCN2)cc(-c2cccc(-c3ccc(C4=NCCN4)cc3)n2)c1. The molecule has 0 saturated carbocycles. The molecule has 3 aromatic rings. The molecule has 2 aliphatic rings. The van der Waals surface area contributed by atoms with Gasteiger partial charge in [0.05, 0.1) is 24.5 Å². The summed E-state index contributed by atoms with van der Waals surface area (Å²) in [7, 11) is 0. The van der Waals surface area contributed by atoms with Gasteiger partial charge in [-0.1, -0.05) is 48.5 Å². The zero-order chi connectivity index (χ0) is 18.8. The average molecular weight is 367 g/mol. The lowest BCUT2D eigenvalue weighted by molar-refractivity contribution is 0.960. The number of pyridine rings is 1. The van der Waals surface area contributed by atoms with E-state index in [0.29, 0.717) is 0 Å². The number of rotatable bonds is 4. The second-order valence-electron chi connectivity index (χ2n) is 6.88. The number of nitrogens with one attached hydrogen (secondary N) is 2. The minimum atomic E-state index is 0.839. The van der Waals surface area contributed by atoms with Crippen molar-refractivity contribution in [3.05, 3.63) is 77.9 Å². The van der Waals surface area contributed by atoms with Crippen LogP contribution in [0.3, 0.4) is 0 Å². The average Bonchev–Trinajstić information content (AvgIpc) is 3.48. The topological polar surface area (TPSA) is 61.7 Å². The Hall–Kier alpha value is -3.47. The summed E-state index contributed by atoms with van der Waals surface area (Å²) in [5, 5.41) is 6.64. The minimum Gasteiger partial charge on any atom is -0.368 e. The van der Waals surface area contributed by atoms with Crippen molar-refractivity contribution >= 4 is 11.7 Å². The molecule has 2 N–H and O–H groups in total. The number of hydrogen-bond donors (Lipinski definition) is 2. The molecule has 0 radical (unpaired) electrons. The summed E-state index contributed by atoms with van der Waals surface area (Å²) in [6, 6.07) is 23.0. The maximum absolute atomic E-state index is 4.90. The summed E-state index contributed by atoms with van der Waals surface area (Å²) >= 11 is 0. The molecule has 0 atom stereocenters. The summed E-state index contributed by atoms with van der Waals surface area (Å²) in [5.74, 6) is 1.95. The first kappa shape index (κ1) is 16.7. The lowest BCUT2D eigenvalue weighted by Gasteiger charge is -2.08. The smallest absolute Gasteiger partial charge is 0.128 e. The normalized spacial score (nSPS) is 15.6. The van der Waals surface area contributed by atoms with E-state index in [1.165, 1.54) is 0 Å². The van der Waals surface area contributed by atoms with Gasteiger partial charge in [0.25, 0.3) is 0 Å². The molecule has 3 heterocycles. The Morgan fingerprint density at radius 1 is 0.571 bits per heavy atom. The van der Waals surface area contributed by atoms with E-state index in [-0.39, 0.29) is 0 Å². The fraction of sp³-hybridized carbons (Fsp3) is 0.174.